The molecule has 0 amide bonds. The Morgan fingerprint density at radius 2 is 1.44 bits per heavy atom. The van der Waals surface area contributed by atoms with Crippen LogP contribution in [-0.2, 0) is 9.09 Å². The van der Waals surface area contributed by atoms with Crippen molar-refractivity contribution in [3.63, 3.8) is 0 Å². The van der Waals surface area contributed by atoms with Gasteiger partial charge in [-0.15, -0.1) is 0 Å². The van der Waals surface area contributed by atoms with E-state index in [2.05, 4.69) is 4.52 Å². The minimum absolute atomic E-state index is 0. The fraction of sp³-hybridized carbons (Fsp3) is 1.00. The first kappa shape index (κ1) is 36.9. The maximum absolute atomic E-state index is 10.1. The Labute approximate surface area is 192 Å². The van der Waals surface area contributed by atoms with E-state index in [0.29, 0.717) is 6.42 Å². The van der Waals surface area contributed by atoms with Crippen molar-refractivity contribution >= 4 is 7.82 Å². The molecule has 0 heterocycles. The summed E-state index contributed by atoms with van der Waals surface area (Å²) in [5.41, 5.74) is 0. The number of phosphoric acid groups is 1. The molecule has 0 aliphatic rings. The maximum atomic E-state index is 10.1. The van der Waals surface area contributed by atoms with Crippen LogP contribution in [0.15, 0.2) is 0 Å². The summed E-state index contributed by atoms with van der Waals surface area (Å²) in [4.78, 5) is 16.4. The molecular formula is C6H21Na4O5P. The van der Waals surface area contributed by atoms with Gasteiger partial charge in [0.15, 0.2) is 0 Å². The number of hydrogen-bond acceptors (Lipinski definition) is 3. The standard InChI is InChI=1S/C5H13O4P.CH4O.4Na.4H/c1-2-3-4-5-9-10(6,7)8;1-2;;;;;;;;/h2-5H2,1H3,(H2,6,7,8);2H,1H3;;;;;;;;/q;;4*+1;4*-1. The molecule has 0 bridgehead atoms. The van der Waals surface area contributed by atoms with Gasteiger partial charge < -0.3 is 20.6 Å². The molecule has 0 atom stereocenters. The Bertz CT molecular complexity index is 149. The molecule has 0 aliphatic carbocycles. The van der Waals surface area contributed by atoms with Crippen molar-refractivity contribution in [2.45, 2.75) is 26.2 Å². The van der Waals surface area contributed by atoms with Crippen molar-refractivity contribution in [2.24, 2.45) is 0 Å². The van der Waals surface area contributed by atoms with Crippen molar-refractivity contribution < 1.29 is 148 Å². The van der Waals surface area contributed by atoms with Crippen LogP contribution in [0, 0.1) is 0 Å². The molecule has 5 nitrogen and oxygen atoms in total. The first-order valence-electron chi connectivity index (χ1n) is 3.71. The van der Waals surface area contributed by atoms with Gasteiger partial charge in [0, 0.05) is 7.11 Å². The Balaban J connectivity index is -0.0000000119. The summed E-state index contributed by atoms with van der Waals surface area (Å²) in [5.74, 6) is 0. The molecular weight excluding hydrogens is 275 g/mol. The molecule has 0 aromatic heterocycles. The number of unbranched alkanes of at least 4 members (excludes halogenated alkanes) is 2. The molecule has 0 fully saturated rings. The normalized spacial score (nSPS) is 7.81. The molecule has 0 spiro atoms. The summed E-state index contributed by atoms with van der Waals surface area (Å²) in [5, 5.41) is 7.00. The SMILES string of the molecule is CCCCCOP(=O)(O)O.CO.[H-].[H-].[H-].[H-].[Na+].[Na+].[Na+].[Na+]. The Hall–Kier alpha value is 4.07. The van der Waals surface area contributed by atoms with Crippen molar-refractivity contribution in [3.8, 4) is 0 Å². The van der Waals surface area contributed by atoms with Crippen LogP contribution < -0.4 is 118 Å². The molecule has 84 valence electrons. The van der Waals surface area contributed by atoms with Crippen LogP contribution >= 0.6 is 7.82 Å². The van der Waals surface area contributed by atoms with Gasteiger partial charge in [-0.2, -0.15) is 0 Å². The molecule has 0 unspecified atom stereocenters. The largest absolute Gasteiger partial charge is 1.00 e. The number of rotatable bonds is 5. The molecule has 10 heteroatoms. The van der Waals surface area contributed by atoms with Gasteiger partial charge in [-0.3, -0.25) is 4.52 Å². The number of phosphoric ester groups is 1. The van der Waals surface area contributed by atoms with Crippen molar-refractivity contribution in [3.05, 3.63) is 0 Å². The second-order valence-corrected chi connectivity index (χ2v) is 3.27. The second kappa shape index (κ2) is 27.4. The zero-order valence-corrected chi connectivity index (χ0v) is 20.3. The Morgan fingerprint density at radius 1 is 1.06 bits per heavy atom. The average Bonchev–Trinajstić information content (AvgIpc) is 2.01. The van der Waals surface area contributed by atoms with Crippen molar-refractivity contribution in [1.82, 2.24) is 0 Å². The number of aliphatic hydroxyl groups excluding tert-OH is 1. The van der Waals surface area contributed by atoms with Crippen LogP contribution in [0.2, 0.25) is 0 Å². The summed E-state index contributed by atoms with van der Waals surface area (Å²) < 4.78 is 14.3. The fourth-order valence-electron chi connectivity index (χ4n) is 0.536. The van der Waals surface area contributed by atoms with Crippen LogP contribution in [-0.4, -0.2) is 28.6 Å². The third-order valence-corrected chi connectivity index (χ3v) is 1.53. The third kappa shape index (κ3) is 43.0. The first-order valence-corrected chi connectivity index (χ1v) is 5.24. The minimum Gasteiger partial charge on any atom is -1.00 e. The zero-order chi connectivity index (χ0) is 10.0. The van der Waals surface area contributed by atoms with Crippen LogP contribution in [0.25, 0.3) is 0 Å². The second-order valence-electron chi connectivity index (χ2n) is 2.03. The smallest absolute Gasteiger partial charge is 1.00 e. The van der Waals surface area contributed by atoms with Gasteiger partial charge in [0.2, 0.25) is 0 Å². The Kier molecular flexibility index (Phi) is 63.2. The summed E-state index contributed by atoms with van der Waals surface area (Å²) in [6.07, 6.45) is 2.67. The van der Waals surface area contributed by atoms with Crippen LogP contribution in [0.1, 0.15) is 31.9 Å². The zero-order valence-electron chi connectivity index (χ0n) is 15.4. The first-order chi connectivity index (χ1) is 5.56. The minimum atomic E-state index is -4.21. The molecule has 0 radical (unpaired) electrons. The van der Waals surface area contributed by atoms with E-state index in [1.807, 2.05) is 6.92 Å². The molecule has 3 N–H and O–H groups in total. The van der Waals surface area contributed by atoms with E-state index in [4.69, 9.17) is 14.9 Å². The molecule has 0 aliphatic heterocycles. The van der Waals surface area contributed by atoms with Crippen molar-refractivity contribution in [2.75, 3.05) is 13.7 Å². The molecule has 0 aromatic rings. The third-order valence-electron chi connectivity index (χ3n) is 1.01. The van der Waals surface area contributed by atoms with Gasteiger partial charge in [-0.25, -0.2) is 4.57 Å². The summed E-state index contributed by atoms with van der Waals surface area (Å²) in [7, 11) is -3.21. The number of hydrogen-bond donors (Lipinski definition) is 3. The molecule has 16 heavy (non-hydrogen) atoms. The summed E-state index contributed by atoms with van der Waals surface area (Å²) >= 11 is 0. The summed E-state index contributed by atoms with van der Waals surface area (Å²) in [6, 6.07) is 0. The fourth-order valence-corrected chi connectivity index (χ4v) is 0.902. The van der Waals surface area contributed by atoms with Crippen LogP contribution in [0.3, 0.4) is 0 Å². The van der Waals surface area contributed by atoms with E-state index in [1.165, 1.54) is 0 Å². The van der Waals surface area contributed by atoms with Crippen LogP contribution in [0.4, 0.5) is 0 Å². The summed E-state index contributed by atoms with van der Waals surface area (Å²) in [6.45, 7) is 2.16. The van der Waals surface area contributed by atoms with E-state index < -0.39 is 7.82 Å². The van der Waals surface area contributed by atoms with Crippen LogP contribution in [0.5, 0.6) is 0 Å². The molecule has 0 saturated carbocycles. The van der Waals surface area contributed by atoms with Gasteiger partial charge in [-0.1, -0.05) is 19.8 Å². The van der Waals surface area contributed by atoms with Crippen molar-refractivity contribution in [1.29, 1.82) is 0 Å². The topological polar surface area (TPSA) is 87.0 Å². The predicted octanol–water partition coefficient (Wildman–Crippen LogP) is -10.6. The van der Waals surface area contributed by atoms with Gasteiger partial charge in [-0.05, 0) is 6.42 Å². The van der Waals surface area contributed by atoms with E-state index in [0.717, 1.165) is 20.0 Å². The van der Waals surface area contributed by atoms with Gasteiger partial charge in [0.25, 0.3) is 0 Å². The molecule has 0 aromatic carbocycles. The van der Waals surface area contributed by atoms with E-state index in [1.54, 1.807) is 0 Å². The maximum Gasteiger partial charge on any atom is 1.00 e. The van der Waals surface area contributed by atoms with E-state index in [-0.39, 0.29) is 131 Å². The average molecular weight is 296 g/mol. The predicted molar refractivity (Wildman–Crippen MR) is 50.1 cm³/mol. The quantitative estimate of drug-likeness (QED) is 0.266. The molecule has 0 saturated heterocycles. The van der Waals surface area contributed by atoms with Gasteiger partial charge in [0.05, 0.1) is 6.61 Å². The number of aliphatic hydroxyl groups is 1. The molecule has 0 rings (SSSR count). The van der Waals surface area contributed by atoms with Gasteiger partial charge in [0.1, 0.15) is 0 Å². The Morgan fingerprint density at radius 3 is 1.69 bits per heavy atom. The van der Waals surface area contributed by atoms with E-state index in [9.17, 15) is 4.57 Å². The van der Waals surface area contributed by atoms with E-state index >= 15 is 0 Å². The monoisotopic (exact) mass is 296 g/mol. The van der Waals surface area contributed by atoms with Gasteiger partial charge >= 0.3 is 126 Å².